The maximum Gasteiger partial charge on any atom is 0.573 e. The minimum Gasteiger partial charge on any atom is -0.466 e. The number of rotatable bonds is 5. The normalized spacial score (nSPS) is 11.2. The molecule has 0 aliphatic carbocycles. The van der Waals surface area contributed by atoms with Gasteiger partial charge in [-0.05, 0) is 53.6 Å². The van der Waals surface area contributed by atoms with Crippen LogP contribution in [0.15, 0.2) is 18.2 Å². The highest BCUT2D eigenvalue weighted by Gasteiger charge is 2.31. The molecule has 0 spiro atoms. The van der Waals surface area contributed by atoms with Gasteiger partial charge in [-0.15, -0.1) is 13.2 Å². The fourth-order valence-corrected chi connectivity index (χ4v) is 2.15. The Morgan fingerprint density at radius 2 is 2.05 bits per heavy atom. The predicted octanol–water partition coefficient (Wildman–Crippen LogP) is 3.69. The van der Waals surface area contributed by atoms with Crippen molar-refractivity contribution in [1.29, 1.82) is 0 Å². The van der Waals surface area contributed by atoms with Crippen molar-refractivity contribution < 1.29 is 27.4 Å². The Labute approximate surface area is 122 Å². The third-order valence-electron chi connectivity index (χ3n) is 2.16. The molecule has 0 N–H and O–H groups in total. The largest absolute Gasteiger partial charge is 0.573 e. The Morgan fingerprint density at radius 3 is 2.58 bits per heavy atom. The molecule has 7 heteroatoms. The topological polar surface area (TPSA) is 35.5 Å². The van der Waals surface area contributed by atoms with E-state index in [0.29, 0.717) is 16.6 Å². The summed E-state index contributed by atoms with van der Waals surface area (Å²) < 4.78 is 45.3. The molecule has 3 nitrogen and oxygen atoms in total. The molecule has 0 fully saturated rings. The van der Waals surface area contributed by atoms with Crippen LogP contribution in [0.25, 0.3) is 0 Å². The van der Waals surface area contributed by atoms with E-state index in [1.165, 1.54) is 18.2 Å². The van der Waals surface area contributed by atoms with Crippen molar-refractivity contribution in [3.8, 4) is 5.75 Å². The lowest BCUT2D eigenvalue weighted by molar-refractivity contribution is -0.274. The van der Waals surface area contributed by atoms with Gasteiger partial charge < -0.3 is 9.47 Å². The Morgan fingerprint density at radius 1 is 1.37 bits per heavy atom. The smallest absolute Gasteiger partial charge is 0.466 e. The molecule has 1 aromatic rings. The lowest BCUT2D eigenvalue weighted by Gasteiger charge is -2.11. The van der Waals surface area contributed by atoms with Gasteiger partial charge in [0.15, 0.2) is 0 Å². The standard InChI is InChI=1S/C12H12F3IO3/c1-2-18-11(17)6-4-8-3-5-9(7-10(8)16)19-12(13,14)15/h3,5,7H,2,4,6H2,1H3. The van der Waals surface area contributed by atoms with Crippen LogP contribution in [0.5, 0.6) is 5.75 Å². The van der Waals surface area contributed by atoms with Gasteiger partial charge in [0.1, 0.15) is 5.75 Å². The summed E-state index contributed by atoms with van der Waals surface area (Å²) in [5, 5.41) is 0. The third-order valence-corrected chi connectivity index (χ3v) is 3.17. The Bertz CT molecular complexity index is 446. The van der Waals surface area contributed by atoms with Gasteiger partial charge >= 0.3 is 12.3 Å². The van der Waals surface area contributed by atoms with Gasteiger partial charge in [0.2, 0.25) is 0 Å². The molecule has 1 rings (SSSR count). The minimum atomic E-state index is -4.70. The Balaban J connectivity index is 2.64. The monoisotopic (exact) mass is 388 g/mol. The first-order chi connectivity index (χ1) is 8.81. The number of carbonyl (C=O) groups excluding carboxylic acids is 1. The Hall–Kier alpha value is -0.990. The SMILES string of the molecule is CCOC(=O)CCc1ccc(OC(F)(F)F)cc1I. The maximum absolute atomic E-state index is 12.0. The second kappa shape index (κ2) is 6.97. The molecule has 1 aromatic carbocycles. The van der Waals surface area contributed by atoms with Crippen LogP contribution in [0.4, 0.5) is 13.2 Å². The number of alkyl halides is 3. The number of hydrogen-bond donors (Lipinski definition) is 0. The molecule has 0 aliphatic rings. The van der Waals surface area contributed by atoms with Crippen molar-refractivity contribution in [3.05, 3.63) is 27.3 Å². The average Bonchev–Trinajstić information content (AvgIpc) is 2.26. The molecule has 0 radical (unpaired) electrons. The summed E-state index contributed by atoms with van der Waals surface area (Å²) >= 11 is 1.91. The number of hydrogen-bond acceptors (Lipinski definition) is 3. The van der Waals surface area contributed by atoms with Crippen LogP contribution in [0.2, 0.25) is 0 Å². The summed E-state index contributed by atoms with van der Waals surface area (Å²) in [6.07, 6.45) is -4.08. The second-order valence-electron chi connectivity index (χ2n) is 3.61. The van der Waals surface area contributed by atoms with Crippen LogP contribution in [0.1, 0.15) is 18.9 Å². The van der Waals surface area contributed by atoms with Gasteiger partial charge in [0.05, 0.1) is 6.61 Å². The van der Waals surface area contributed by atoms with E-state index < -0.39 is 6.36 Å². The number of aryl methyl sites for hydroxylation is 1. The second-order valence-corrected chi connectivity index (χ2v) is 4.77. The molecule has 0 unspecified atom stereocenters. The number of ether oxygens (including phenoxy) is 2. The summed E-state index contributed by atoms with van der Waals surface area (Å²) in [6, 6.07) is 4.03. The number of carbonyl (C=O) groups is 1. The minimum absolute atomic E-state index is 0.198. The lowest BCUT2D eigenvalue weighted by atomic mass is 10.1. The Kier molecular flexibility index (Phi) is 5.89. The van der Waals surface area contributed by atoms with Crippen molar-refractivity contribution in [3.63, 3.8) is 0 Å². The average molecular weight is 388 g/mol. The van der Waals surface area contributed by atoms with Crippen molar-refractivity contribution >= 4 is 28.6 Å². The quantitative estimate of drug-likeness (QED) is 0.570. The van der Waals surface area contributed by atoms with Gasteiger partial charge in [-0.2, -0.15) is 0 Å². The molecule has 0 heterocycles. The molecule has 0 amide bonds. The third kappa shape index (κ3) is 6.13. The zero-order chi connectivity index (χ0) is 14.5. The molecule has 19 heavy (non-hydrogen) atoms. The predicted molar refractivity (Wildman–Crippen MR) is 70.8 cm³/mol. The van der Waals surface area contributed by atoms with Crippen LogP contribution in [0, 0.1) is 3.57 Å². The van der Waals surface area contributed by atoms with E-state index in [4.69, 9.17) is 4.74 Å². The number of esters is 1. The maximum atomic E-state index is 12.0. The van der Waals surface area contributed by atoms with Crippen molar-refractivity contribution in [2.24, 2.45) is 0 Å². The molecule has 0 bridgehead atoms. The lowest BCUT2D eigenvalue weighted by Crippen LogP contribution is -2.17. The molecule has 0 aliphatic heterocycles. The van der Waals surface area contributed by atoms with Gasteiger partial charge in [-0.1, -0.05) is 6.07 Å². The highest BCUT2D eigenvalue weighted by molar-refractivity contribution is 14.1. The van der Waals surface area contributed by atoms with Crippen LogP contribution in [0.3, 0.4) is 0 Å². The van der Waals surface area contributed by atoms with E-state index in [1.54, 1.807) is 6.92 Å². The first kappa shape index (κ1) is 16.1. The number of halogens is 4. The van der Waals surface area contributed by atoms with Crippen LogP contribution in [-0.4, -0.2) is 18.9 Å². The molecular weight excluding hydrogens is 376 g/mol. The molecular formula is C12H12F3IO3. The van der Waals surface area contributed by atoms with Crippen molar-refractivity contribution in [1.82, 2.24) is 0 Å². The number of benzene rings is 1. The van der Waals surface area contributed by atoms with Crippen LogP contribution in [-0.2, 0) is 16.0 Å². The zero-order valence-corrected chi connectivity index (χ0v) is 12.2. The first-order valence-electron chi connectivity index (χ1n) is 5.51. The van der Waals surface area contributed by atoms with E-state index in [1.807, 2.05) is 22.6 Å². The van der Waals surface area contributed by atoms with Crippen LogP contribution >= 0.6 is 22.6 Å². The molecule has 106 valence electrons. The summed E-state index contributed by atoms with van der Waals surface area (Å²) in [5.41, 5.74) is 0.781. The summed E-state index contributed by atoms with van der Waals surface area (Å²) in [7, 11) is 0. The van der Waals surface area contributed by atoms with E-state index in [-0.39, 0.29) is 18.1 Å². The fourth-order valence-electron chi connectivity index (χ4n) is 1.40. The van der Waals surface area contributed by atoms with E-state index in [0.717, 1.165) is 5.56 Å². The van der Waals surface area contributed by atoms with Crippen molar-refractivity contribution in [2.45, 2.75) is 26.1 Å². The van der Waals surface area contributed by atoms with Gasteiger partial charge in [-0.3, -0.25) is 4.79 Å². The zero-order valence-electron chi connectivity index (χ0n) is 10.1. The molecule has 0 saturated carbocycles. The summed E-state index contributed by atoms with van der Waals surface area (Å²) in [5.74, 6) is -0.592. The van der Waals surface area contributed by atoms with Crippen molar-refractivity contribution in [2.75, 3.05) is 6.61 Å². The summed E-state index contributed by atoms with van der Waals surface area (Å²) in [6.45, 7) is 2.03. The highest BCUT2D eigenvalue weighted by Crippen LogP contribution is 2.26. The first-order valence-corrected chi connectivity index (χ1v) is 6.59. The van der Waals surface area contributed by atoms with Gasteiger partial charge in [-0.25, -0.2) is 0 Å². The van der Waals surface area contributed by atoms with Crippen LogP contribution < -0.4 is 4.74 Å². The van der Waals surface area contributed by atoms with Gasteiger partial charge in [0.25, 0.3) is 0 Å². The van der Waals surface area contributed by atoms with E-state index in [9.17, 15) is 18.0 Å². The molecule has 0 aromatic heterocycles. The van der Waals surface area contributed by atoms with E-state index >= 15 is 0 Å². The van der Waals surface area contributed by atoms with Gasteiger partial charge in [0, 0.05) is 9.99 Å². The molecule has 0 atom stereocenters. The highest BCUT2D eigenvalue weighted by atomic mass is 127. The van der Waals surface area contributed by atoms with E-state index in [2.05, 4.69) is 4.74 Å². The summed E-state index contributed by atoms with van der Waals surface area (Å²) in [4.78, 5) is 11.2. The molecule has 0 saturated heterocycles. The fraction of sp³-hybridized carbons (Fsp3) is 0.417.